The predicted molar refractivity (Wildman–Crippen MR) is 133 cm³/mol. The molecule has 0 aromatic heterocycles. The second kappa shape index (κ2) is 14.4. The van der Waals surface area contributed by atoms with Crippen molar-refractivity contribution in [2.24, 2.45) is 10.8 Å². The summed E-state index contributed by atoms with van der Waals surface area (Å²) in [5, 5.41) is 3.75. The van der Waals surface area contributed by atoms with E-state index in [4.69, 9.17) is 24.7 Å². The van der Waals surface area contributed by atoms with Crippen LogP contribution in [0.15, 0.2) is 41.5 Å². The third-order valence-corrected chi connectivity index (χ3v) is 5.13. The molecule has 2 rings (SSSR count). The molecule has 32 heavy (non-hydrogen) atoms. The standard InChI is InChI=1S/C23H30IN3O5/c1-3-4-5-6-11-30-18-7-9-19(10-8-18)31-12-13-32-22-20(24)14-17(15-21(22)29-2)16-26-27-23(25)28/h7-10,14-16H,3-6,11-13H2,1-2H3,(H3,25,27,28). The number of halogens is 1. The number of benzene rings is 2. The average molecular weight is 555 g/mol. The van der Waals surface area contributed by atoms with E-state index in [0.29, 0.717) is 24.7 Å². The molecule has 2 amide bonds. The number of primary amides is 1. The number of unbranched alkanes of at least 4 members (excludes halogenated alkanes) is 3. The maximum atomic E-state index is 10.7. The molecule has 0 heterocycles. The summed E-state index contributed by atoms with van der Waals surface area (Å²) in [5.74, 6) is 2.77. The van der Waals surface area contributed by atoms with E-state index in [1.807, 2.05) is 30.3 Å². The van der Waals surface area contributed by atoms with Gasteiger partial charge in [0.05, 0.1) is 23.5 Å². The topological polar surface area (TPSA) is 104 Å². The fraction of sp³-hybridized carbons (Fsp3) is 0.391. The molecule has 0 saturated carbocycles. The molecule has 0 fully saturated rings. The monoisotopic (exact) mass is 555 g/mol. The number of rotatable bonds is 14. The van der Waals surface area contributed by atoms with E-state index in [-0.39, 0.29) is 0 Å². The van der Waals surface area contributed by atoms with E-state index < -0.39 is 6.03 Å². The zero-order valence-electron chi connectivity index (χ0n) is 18.4. The first-order valence-electron chi connectivity index (χ1n) is 10.5. The van der Waals surface area contributed by atoms with Gasteiger partial charge < -0.3 is 24.7 Å². The van der Waals surface area contributed by atoms with Crippen molar-refractivity contribution in [1.82, 2.24) is 5.43 Å². The van der Waals surface area contributed by atoms with Crippen molar-refractivity contribution in [3.8, 4) is 23.0 Å². The molecule has 0 unspecified atom stereocenters. The third-order valence-electron chi connectivity index (χ3n) is 4.33. The molecular formula is C23H30IN3O5. The Morgan fingerprint density at radius 3 is 2.31 bits per heavy atom. The second-order valence-corrected chi connectivity index (χ2v) is 8.01. The lowest BCUT2D eigenvalue weighted by atomic mass is 10.2. The van der Waals surface area contributed by atoms with Gasteiger partial charge in [0.25, 0.3) is 0 Å². The zero-order valence-corrected chi connectivity index (χ0v) is 20.6. The molecule has 174 valence electrons. The lowest BCUT2D eigenvalue weighted by Gasteiger charge is -2.14. The van der Waals surface area contributed by atoms with Gasteiger partial charge in [-0.25, -0.2) is 10.2 Å². The van der Waals surface area contributed by atoms with Crippen molar-refractivity contribution in [2.75, 3.05) is 26.9 Å². The van der Waals surface area contributed by atoms with E-state index in [1.54, 1.807) is 13.2 Å². The molecular weight excluding hydrogens is 525 g/mol. The summed E-state index contributed by atoms with van der Waals surface area (Å²) >= 11 is 2.15. The van der Waals surface area contributed by atoms with E-state index in [0.717, 1.165) is 33.7 Å². The van der Waals surface area contributed by atoms with Crippen LogP contribution in [0.1, 0.15) is 38.2 Å². The number of urea groups is 1. The van der Waals surface area contributed by atoms with Crippen LogP contribution in [0.2, 0.25) is 0 Å². The summed E-state index contributed by atoms with van der Waals surface area (Å²) in [7, 11) is 1.56. The molecule has 0 spiro atoms. The number of nitrogens with one attached hydrogen (secondary N) is 1. The van der Waals surface area contributed by atoms with Crippen molar-refractivity contribution < 1.29 is 23.7 Å². The number of ether oxygens (including phenoxy) is 4. The Kier molecular flexibility index (Phi) is 11.5. The zero-order chi connectivity index (χ0) is 23.2. The second-order valence-electron chi connectivity index (χ2n) is 6.85. The van der Waals surface area contributed by atoms with Gasteiger partial charge in [-0.3, -0.25) is 0 Å². The number of carbonyl (C=O) groups excluding carboxylic acids is 1. The maximum absolute atomic E-state index is 10.7. The van der Waals surface area contributed by atoms with Gasteiger partial charge in [-0.05, 0) is 71.0 Å². The number of hydrazone groups is 1. The van der Waals surface area contributed by atoms with Gasteiger partial charge in [-0.15, -0.1) is 0 Å². The van der Waals surface area contributed by atoms with Crippen LogP contribution in [-0.4, -0.2) is 39.2 Å². The van der Waals surface area contributed by atoms with Crippen LogP contribution in [0.5, 0.6) is 23.0 Å². The van der Waals surface area contributed by atoms with Gasteiger partial charge in [0.15, 0.2) is 11.5 Å². The Hall–Kier alpha value is -2.69. The van der Waals surface area contributed by atoms with Gasteiger partial charge in [0.1, 0.15) is 24.7 Å². The van der Waals surface area contributed by atoms with E-state index >= 15 is 0 Å². The van der Waals surface area contributed by atoms with Crippen molar-refractivity contribution in [3.05, 3.63) is 45.5 Å². The van der Waals surface area contributed by atoms with Crippen LogP contribution < -0.4 is 30.1 Å². The van der Waals surface area contributed by atoms with Crippen LogP contribution in [-0.2, 0) is 0 Å². The number of hydrogen-bond donors (Lipinski definition) is 2. The van der Waals surface area contributed by atoms with Gasteiger partial charge in [-0.1, -0.05) is 26.2 Å². The Morgan fingerprint density at radius 2 is 1.69 bits per heavy atom. The van der Waals surface area contributed by atoms with Crippen LogP contribution in [0, 0.1) is 3.57 Å². The Morgan fingerprint density at radius 1 is 1.03 bits per heavy atom. The number of amides is 2. The highest BCUT2D eigenvalue weighted by Crippen LogP contribution is 2.33. The first-order valence-corrected chi connectivity index (χ1v) is 11.6. The minimum absolute atomic E-state index is 0.346. The molecule has 0 aliphatic heterocycles. The van der Waals surface area contributed by atoms with Crippen LogP contribution in [0.25, 0.3) is 0 Å². The molecule has 3 N–H and O–H groups in total. The minimum Gasteiger partial charge on any atom is -0.494 e. The largest absolute Gasteiger partial charge is 0.494 e. The Balaban J connectivity index is 1.80. The molecule has 8 nitrogen and oxygen atoms in total. The average Bonchev–Trinajstić information content (AvgIpc) is 2.78. The summed E-state index contributed by atoms with van der Waals surface area (Å²) < 4.78 is 23.6. The summed E-state index contributed by atoms with van der Waals surface area (Å²) in [6.07, 6.45) is 6.21. The summed E-state index contributed by atoms with van der Waals surface area (Å²) in [6, 6.07) is 10.5. The number of methoxy groups -OCH3 is 1. The number of nitrogens with zero attached hydrogens (tertiary/aromatic N) is 1. The van der Waals surface area contributed by atoms with Crippen molar-refractivity contribution in [3.63, 3.8) is 0 Å². The summed E-state index contributed by atoms with van der Waals surface area (Å²) in [5.41, 5.74) is 7.88. The molecule has 0 aliphatic carbocycles. The SMILES string of the molecule is CCCCCCOc1ccc(OCCOc2c(I)cc(C=NNC(N)=O)cc2OC)cc1. The van der Waals surface area contributed by atoms with Gasteiger partial charge in [-0.2, -0.15) is 5.10 Å². The lowest BCUT2D eigenvalue weighted by molar-refractivity contribution is 0.210. The van der Waals surface area contributed by atoms with Crippen LogP contribution in [0.3, 0.4) is 0 Å². The van der Waals surface area contributed by atoms with Crippen molar-refractivity contribution in [1.29, 1.82) is 0 Å². The van der Waals surface area contributed by atoms with E-state index in [9.17, 15) is 4.79 Å². The normalized spacial score (nSPS) is 10.7. The van der Waals surface area contributed by atoms with Gasteiger partial charge >= 0.3 is 6.03 Å². The fourth-order valence-corrected chi connectivity index (χ4v) is 3.56. The maximum Gasteiger partial charge on any atom is 0.332 e. The highest BCUT2D eigenvalue weighted by atomic mass is 127. The third kappa shape index (κ3) is 9.21. The fourth-order valence-electron chi connectivity index (χ4n) is 2.78. The Bertz CT molecular complexity index is 875. The first-order chi connectivity index (χ1) is 15.5. The predicted octanol–water partition coefficient (Wildman–Crippen LogP) is 4.72. The van der Waals surface area contributed by atoms with Gasteiger partial charge in [0.2, 0.25) is 0 Å². The van der Waals surface area contributed by atoms with E-state index in [2.05, 4.69) is 40.0 Å². The molecule has 0 aliphatic rings. The Labute approximate surface area is 202 Å². The number of hydrogen-bond acceptors (Lipinski definition) is 6. The molecule has 0 atom stereocenters. The molecule has 0 radical (unpaired) electrons. The van der Waals surface area contributed by atoms with Crippen LogP contribution >= 0.6 is 22.6 Å². The molecule has 0 bridgehead atoms. The lowest BCUT2D eigenvalue weighted by Crippen LogP contribution is -2.24. The molecule has 9 heteroatoms. The quantitative estimate of drug-likeness (QED) is 0.152. The van der Waals surface area contributed by atoms with Crippen LogP contribution in [0.4, 0.5) is 4.79 Å². The minimum atomic E-state index is -0.729. The summed E-state index contributed by atoms with van der Waals surface area (Å²) in [6.45, 7) is 3.66. The van der Waals surface area contributed by atoms with Gasteiger partial charge in [0, 0.05) is 0 Å². The number of carbonyl (C=O) groups is 1. The molecule has 2 aromatic carbocycles. The summed E-state index contributed by atoms with van der Waals surface area (Å²) in [4.78, 5) is 10.7. The highest BCUT2D eigenvalue weighted by Gasteiger charge is 2.11. The molecule has 2 aromatic rings. The first kappa shape index (κ1) is 25.6. The van der Waals surface area contributed by atoms with Crippen molar-refractivity contribution >= 4 is 34.8 Å². The van der Waals surface area contributed by atoms with E-state index in [1.165, 1.54) is 25.5 Å². The van der Waals surface area contributed by atoms with Crippen molar-refractivity contribution in [2.45, 2.75) is 32.6 Å². The smallest absolute Gasteiger partial charge is 0.332 e. The molecule has 0 saturated heterocycles. The number of nitrogens with two attached hydrogens (primary N) is 1. The highest BCUT2D eigenvalue weighted by molar-refractivity contribution is 14.1.